The molecule has 29 heavy (non-hydrogen) atoms. The summed E-state index contributed by atoms with van der Waals surface area (Å²) in [6, 6.07) is 13.2. The Morgan fingerprint density at radius 2 is 1.76 bits per heavy atom. The summed E-state index contributed by atoms with van der Waals surface area (Å²) in [6.07, 6.45) is 1.34. The molecule has 1 heterocycles. The summed E-state index contributed by atoms with van der Waals surface area (Å²) in [5.41, 5.74) is 2.65. The van der Waals surface area contributed by atoms with Crippen LogP contribution in [0, 0.1) is 13.8 Å². The topological polar surface area (TPSA) is 95.6 Å². The van der Waals surface area contributed by atoms with Crippen molar-refractivity contribution in [1.29, 1.82) is 0 Å². The summed E-state index contributed by atoms with van der Waals surface area (Å²) >= 11 is 0. The molecule has 2 N–H and O–H groups in total. The summed E-state index contributed by atoms with van der Waals surface area (Å²) in [7, 11) is -3.63. The zero-order chi connectivity index (χ0) is 21.0. The molecule has 154 valence electrons. The number of carbonyl (C=O) groups is 2. The number of rotatable bonds is 5. The first kappa shape index (κ1) is 21.0. The Kier molecular flexibility index (Phi) is 6.34. The highest BCUT2D eigenvalue weighted by Gasteiger charge is 2.35. The van der Waals surface area contributed by atoms with Gasteiger partial charge in [0.1, 0.15) is 0 Å². The lowest BCUT2D eigenvalue weighted by Crippen LogP contribution is -2.45. The standard InChI is InChI=1S/C21H25N3O4S/c1-15-10-11-17(13-16(15)2)23-21(26)20(25)22-14-18-7-6-12-24(18)29(27,28)19-8-4-3-5-9-19/h3-5,8-11,13,18H,6-7,12,14H2,1-2H3,(H,22,25)(H,23,26)/t18-/m0/s1. The Morgan fingerprint density at radius 1 is 1.03 bits per heavy atom. The van der Waals surface area contributed by atoms with Gasteiger partial charge in [-0.1, -0.05) is 24.3 Å². The predicted molar refractivity (Wildman–Crippen MR) is 111 cm³/mol. The molecule has 7 nitrogen and oxygen atoms in total. The molecule has 0 spiro atoms. The molecule has 0 bridgehead atoms. The first-order valence-electron chi connectivity index (χ1n) is 9.52. The summed E-state index contributed by atoms with van der Waals surface area (Å²) in [5.74, 6) is -1.56. The minimum Gasteiger partial charge on any atom is -0.346 e. The number of hydrogen-bond donors (Lipinski definition) is 2. The molecule has 8 heteroatoms. The molecule has 0 aromatic heterocycles. The van der Waals surface area contributed by atoms with Crippen molar-refractivity contribution in [3.8, 4) is 0 Å². The first-order valence-corrected chi connectivity index (χ1v) is 11.0. The van der Waals surface area contributed by atoms with Crippen LogP contribution >= 0.6 is 0 Å². The number of sulfonamides is 1. The van der Waals surface area contributed by atoms with Crippen LogP contribution in [0.1, 0.15) is 24.0 Å². The van der Waals surface area contributed by atoms with Gasteiger partial charge in [-0.05, 0) is 62.1 Å². The summed E-state index contributed by atoms with van der Waals surface area (Å²) < 4.78 is 27.1. The van der Waals surface area contributed by atoms with E-state index < -0.39 is 21.8 Å². The molecule has 3 rings (SSSR count). The lowest BCUT2D eigenvalue weighted by atomic mass is 10.1. The number of nitrogens with one attached hydrogen (secondary N) is 2. The SMILES string of the molecule is Cc1ccc(NC(=O)C(=O)NC[C@@H]2CCCN2S(=O)(=O)c2ccccc2)cc1C. The van der Waals surface area contributed by atoms with Crippen LogP contribution in [0.4, 0.5) is 5.69 Å². The number of hydrogen-bond acceptors (Lipinski definition) is 4. The molecule has 0 aliphatic carbocycles. The Bertz CT molecular complexity index is 1010. The van der Waals surface area contributed by atoms with Gasteiger partial charge >= 0.3 is 11.8 Å². The Morgan fingerprint density at radius 3 is 2.45 bits per heavy atom. The van der Waals surface area contributed by atoms with Gasteiger partial charge in [-0.3, -0.25) is 9.59 Å². The summed E-state index contributed by atoms with van der Waals surface area (Å²) in [4.78, 5) is 24.6. The van der Waals surface area contributed by atoms with Crippen LogP contribution in [0.5, 0.6) is 0 Å². The maximum atomic E-state index is 12.9. The summed E-state index contributed by atoms with van der Waals surface area (Å²) in [6.45, 7) is 4.37. The van der Waals surface area contributed by atoms with E-state index in [1.807, 2.05) is 19.9 Å². The number of aryl methyl sites for hydroxylation is 2. The van der Waals surface area contributed by atoms with Crippen molar-refractivity contribution in [2.75, 3.05) is 18.4 Å². The monoisotopic (exact) mass is 415 g/mol. The third-order valence-corrected chi connectivity index (χ3v) is 7.11. The van der Waals surface area contributed by atoms with Gasteiger partial charge in [0.15, 0.2) is 0 Å². The average Bonchev–Trinajstić information content (AvgIpc) is 3.19. The van der Waals surface area contributed by atoms with E-state index in [0.717, 1.165) is 11.1 Å². The van der Waals surface area contributed by atoms with Crippen LogP contribution in [0.3, 0.4) is 0 Å². The van der Waals surface area contributed by atoms with Gasteiger partial charge in [0.2, 0.25) is 10.0 Å². The van der Waals surface area contributed by atoms with E-state index in [9.17, 15) is 18.0 Å². The van der Waals surface area contributed by atoms with Crippen LogP contribution in [-0.4, -0.2) is 43.7 Å². The van der Waals surface area contributed by atoms with Crippen molar-refractivity contribution >= 4 is 27.5 Å². The molecule has 0 radical (unpaired) electrons. The minimum absolute atomic E-state index is 0.0885. The van der Waals surface area contributed by atoms with Crippen molar-refractivity contribution in [1.82, 2.24) is 9.62 Å². The van der Waals surface area contributed by atoms with Crippen LogP contribution in [0.15, 0.2) is 53.4 Å². The van der Waals surface area contributed by atoms with E-state index in [1.54, 1.807) is 42.5 Å². The van der Waals surface area contributed by atoms with Crippen LogP contribution in [-0.2, 0) is 19.6 Å². The molecule has 1 atom stereocenters. The molecule has 1 saturated heterocycles. The fraction of sp³-hybridized carbons (Fsp3) is 0.333. The zero-order valence-corrected chi connectivity index (χ0v) is 17.3. The van der Waals surface area contributed by atoms with Crippen LogP contribution < -0.4 is 10.6 Å². The molecular formula is C21H25N3O4S. The number of nitrogens with zero attached hydrogens (tertiary/aromatic N) is 1. The third-order valence-electron chi connectivity index (χ3n) is 5.14. The van der Waals surface area contributed by atoms with Gasteiger partial charge < -0.3 is 10.6 Å². The highest BCUT2D eigenvalue weighted by atomic mass is 32.2. The van der Waals surface area contributed by atoms with Crippen molar-refractivity contribution in [3.63, 3.8) is 0 Å². The van der Waals surface area contributed by atoms with Gasteiger partial charge in [-0.2, -0.15) is 4.31 Å². The largest absolute Gasteiger partial charge is 0.346 e. The zero-order valence-electron chi connectivity index (χ0n) is 16.5. The van der Waals surface area contributed by atoms with E-state index in [0.29, 0.717) is 25.1 Å². The third kappa shape index (κ3) is 4.83. The van der Waals surface area contributed by atoms with Crippen molar-refractivity contribution in [2.24, 2.45) is 0 Å². The molecule has 2 aromatic carbocycles. The average molecular weight is 416 g/mol. The number of anilines is 1. The molecule has 2 amide bonds. The second-order valence-electron chi connectivity index (χ2n) is 7.19. The lowest BCUT2D eigenvalue weighted by molar-refractivity contribution is -0.136. The Labute approximate surface area is 171 Å². The highest BCUT2D eigenvalue weighted by molar-refractivity contribution is 7.89. The van der Waals surface area contributed by atoms with Crippen molar-refractivity contribution in [3.05, 3.63) is 59.7 Å². The number of amides is 2. The van der Waals surface area contributed by atoms with E-state index in [2.05, 4.69) is 10.6 Å². The van der Waals surface area contributed by atoms with Gasteiger partial charge in [-0.25, -0.2) is 8.42 Å². The van der Waals surface area contributed by atoms with E-state index >= 15 is 0 Å². The van der Waals surface area contributed by atoms with E-state index in [1.165, 1.54) is 4.31 Å². The van der Waals surface area contributed by atoms with Crippen LogP contribution in [0.25, 0.3) is 0 Å². The second-order valence-corrected chi connectivity index (χ2v) is 9.08. The Balaban J connectivity index is 1.60. The normalized spacial score (nSPS) is 17.1. The maximum absolute atomic E-state index is 12.9. The molecule has 1 fully saturated rings. The van der Waals surface area contributed by atoms with Crippen LogP contribution in [0.2, 0.25) is 0 Å². The molecule has 0 unspecified atom stereocenters. The molecule has 0 saturated carbocycles. The highest BCUT2D eigenvalue weighted by Crippen LogP contribution is 2.25. The van der Waals surface area contributed by atoms with E-state index in [-0.39, 0.29) is 17.5 Å². The van der Waals surface area contributed by atoms with Gasteiger partial charge in [0.25, 0.3) is 0 Å². The summed E-state index contributed by atoms with van der Waals surface area (Å²) in [5, 5.41) is 5.14. The fourth-order valence-corrected chi connectivity index (χ4v) is 5.07. The number of carbonyl (C=O) groups excluding carboxylic acids is 2. The Hall–Kier alpha value is -2.71. The van der Waals surface area contributed by atoms with Crippen molar-refractivity contribution < 1.29 is 18.0 Å². The van der Waals surface area contributed by atoms with Gasteiger partial charge in [0.05, 0.1) is 4.90 Å². The van der Waals surface area contributed by atoms with Crippen molar-refractivity contribution in [2.45, 2.75) is 37.6 Å². The predicted octanol–water partition coefficient (Wildman–Crippen LogP) is 2.21. The van der Waals surface area contributed by atoms with Gasteiger partial charge in [0, 0.05) is 24.8 Å². The van der Waals surface area contributed by atoms with Gasteiger partial charge in [-0.15, -0.1) is 0 Å². The maximum Gasteiger partial charge on any atom is 0.313 e. The molecule has 1 aliphatic rings. The smallest absolute Gasteiger partial charge is 0.313 e. The van der Waals surface area contributed by atoms with E-state index in [4.69, 9.17) is 0 Å². The number of benzene rings is 2. The molecular weight excluding hydrogens is 390 g/mol. The minimum atomic E-state index is -3.63. The lowest BCUT2D eigenvalue weighted by Gasteiger charge is -2.24. The first-order chi connectivity index (χ1) is 13.8. The second kappa shape index (κ2) is 8.75. The molecule has 2 aromatic rings. The fourth-order valence-electron chi connectivity index (χ4n) is 3.36. The molecule has 1 aliphatic heterocycles. The quantitative estimate of drug-likeness (QED) is 0.732.